The quantitative estimate of drug-likeness (QED) is 0.876. The summed E-state index contributed by atoms with van der Waals surface area (Å²) in [4.78, 5) is 28.1. The lowest BCUT2D eigenvalue weighted by Crippen LogP contribution is -2.51. The number of carbonyl (C=O) groups is 2. The van der Waals surface area contributed by atoms with E-state index in [1.165, 1.54) is 32.1 Å². The zero-order valence-corrected chi connectivity index (χ0v) is 16.3. The maximum atomic E-state index is 13.4. The number of nitrogens with zero attached hydrogens (tertiary/aromatic N) is 1. The van der Waals surface area contributed by atoms with Crippen LogP contribution in [0.25, 0.3) is 0 Å². The second-order valence-electron chi connectivity index (χ2n) is 8.00. The van der Waals surface area contributed by atoms with E-state index in [9.17, 15) is 9.59 Å². The van der Waals surface area contributed by atoms with Crippen LogP contribution < -0.4 is 5.32 Å². The Balaban J connectivity index is 1.58. The Bertz CT molecular complexity index is 665. The van der Waals surface area contributed by atoms with Gasteiger partial charge in [-0.25, -0.2) is 0 Å². The van der Waals surface area contributed by atoms with Gasteiger partial charge in [0.25, 0.3) is 5.91 Å². The lowest BCUT2D eigenvalue weighted by molar-refractivity contribution is -0.125. The van der Waals surface area contributed by atoms with Crippen LogP contribution in [0.4, 0.5) is 0 Å². The molecule has 0 radical (unpaired) electrons. The van der Waals surface area contributed by atoms with E-state index in [0.717, 1.165) is 24.2 Å². The van der Waals surface area contributed by atoms with Crippen LogP contribution in [0, 0.1) is 12.8 Å². The molecule has 1 N–H and O–H groups in total. The predicted molar refractivity (Wildman–Crippen MR) is 105 cm³/mol. The Morgan fingerprint density at radius 3 is 2.38 bits per heavy atom. The zero-order chi connectivity index (χ0) is 18.1. The first kappa shape index (κ1) is 17.9. The first-order valence-corrected chi connectivity index (χ1v) is 11.0. The van der Waals surface area contributed by atoms with Crippen LogP contribution in [0.1, 0.15) is 60.9 Å². The molecule has 0 spiro atoms. The number of hydrogen-bond acceptors (Lipinski definition) is 3. The SMILES string of the molecule is Cc1ccc(C(=O)N2[C@H](C(=O)NC3CC3)CS[C@H]2C2CCCCC2)cc1. The summed E-state index contributed by atoms with van der Waals surface area (Å²) in [6.45, 7) is 2.02. The zero-order valence-electron chi connectivity index (χ0n) is 15.4. The Kier molecular flexibility index (Phi) is 5.25. The molecule has 0 bridgehead atoms. The summed E-state index contributed by atoms with van der Waals surface area (Å²) in [7, 11) is 0. The standard InChI is InChI=1S/C21H28N2O2S/c1-14-7-9-15(10-8-14)20(25)23-18(19(24)22-17-11-12-17)13-26-21(23)16-5-3-2-4-6-16/h7-10,16-18,21H,2-6,11-13H2,1H3,(H,22,24)/t18-,21-/m0/s1. The van der Waals surface area contributed by atoms with E-state index in [4.69, 9.17) is 0 Å². The Hall–Kier alpha value is -1.49. The molecule has 4 nitrogen and oxygen atoms in total. The highest BCUT2D eigenvalue weighted by Crippen LogP contribution is 2.41. The van der Waals surface area contributed by atoms with Gasteiger partial charge in [0.2, 0.25) is 5.91 Å². The third kappa shape index (κ3) is 3.78. The molecule has 3 fully saturated rings. The van der Waals surface area contributed by atoms with Gasteiger partial charge in [0.15, 0.2) is 0 Å². The second kappa shape index (κ2) is 7.63. The smallest absolute Gasteiger partial charge is 0.255 e. The maximum Gasteiger partial charge on any atom is 0.255 e. The fourth-order valence-corrected chi connectivity index (χ4v) is 5.78. The number of aryl methyl sites for hydroxylation is 1. The van der Waals surface area contributed by atoms with Gasteiger partial charge >= 0.3 is 0 Å². The summed E-state index contributed by atoms with van der Waals surface area (Å²) >= 11 is 1.81. The van der Waals surface area contributed by atoms with Crippen molar-refractivity contribution in [3.63, 3.8) is 0 Å². The highest BCUT2D eigenvalue weighted by atomic mass is 32.2. The summed E-state index contributed by atoms with van der Waals surface area (Å²) in [5, 5.41) is 3.26. The minimum absolute atomic E-state index is 0.0153. The number of rotatable bonds is 4. The molecule has 5 heteroatoms. The minimum atomic E-state index is -0.332. The van der Waals surface area contributed by atoms with Crippen molar-refractivity contribution in [2.45, 2.75) is 69.3 Å². The third-order valence-electron chi connectivity index (χ3n) is 5.85. The fourth-order valence-electron chi connectivity index (χ4n) is 4.14. The van der Waals surface area contributed by atoms with Crippen LogP contribution in [-0.2, 0) is 4.79 Å². The molecule has 4 rings (SSSR count). The summed E-state index contributed by atoms with van der Waals surface area (Å²) in [6.07, 6.45) is 8.28. The third-order valence-corrected chi connectivity index (χ3v) is 7.31. The fraction of sp³-hybridized carbons (Fsp3) is 0.619. The molecule has 1 heterocycles. The second-order valence-corrected chi connectivity index (χ2v) is 9.15. The van der Waals surface area contributed by atoms with E-state index in [2.05, 4.69) is 5.32 Å². The van der Waals surface area contributed by atoms with Crippen LogP contribution in [-0.4, -0.2) is 39.9 Å². The highest BCUT2D eigenvalue weighted by Gasteiger charge is 2.45. The average Bonchev–Trinajstić information content (AvgIpc) is 3.36. The minimum Gasteiger partial charge on any atom is -0.352 e. The molecule has 26 heavy (non-hydrogen) atoms. The molecular weight excluding hydrogens is 344 g/mol. The van der Waals surface area contributed by atoms with Crippen molar-refractivity contribution in [1.29, 1.82) is 0 Å². The van der Waals surface area contributed by atoms with E-state index in [0.29, 0.717) is 17.5 Å². The van der Waals surface area contributed by atoms with Gasteiger partial charge in [-0.3, -0.25) is 9.59 Å². The van der Waals surface area contributed by atoms with Crippen molar-refractivity contribution in [1.82, 2.24) is 10.2 Å². The molecule has 2 aliphatic carbocycles. The number of nitrogens with one attached hydrogen (secondary N) is 1. The van der Waals surface area contributed by atoms with Gasteiger partial charge < -0.3 is 10.2 Å². The highest BCUT2D eigenvalue weighted by molar-refractivity contribution is 8.00. The Morgan fingerprint density at radius 1 is 1.04 bits per heavy atom. The van der Waals surface area contributed by atoms with Crippen LogP contribution in [0.3, 0.4) is 0 Å². The largest absolute Gasteiger partial charge is 0.352 e. The summed E-state index contributed by atoms with van der Waals surface area (Å²) in [6, 6.07) is 7.75. The molecule has 0 aromatic heterocycles. The first-order chi connectivity index (χ1) is 12.6. The number of amides is 2. The first-order valence-electron chi connectivity index (χ1n) is 9.95. The average molecular weight is 373 g/mol. The van der Waals surface area contributed by atoms with E-state index in [-0.39, 0.29) is 23.2 Å². The van der Waals surface area contributed by atoms with Crippen LogP contribution in [0.5, 0.6) is 0 Å². The molecule has 1 saturated heterocycles. The van der Waals surface area contributed by atoms with Gasteiger partial charge in [-0.1, -0.05) is 37.0 Å². The normalized spacial score (nSPS) is 26.7. The molecule has 1 aliphatic heterocycles. The number of benzene rings is 1. The van der Waals surface area contributed by atoms with Crippen LogP contribution in [0.2, 0.25) is 0 Å². The predicted octanol–water partition coefficient (Wildman–Crippen LogP) is 3.74. The molecule has 2 saturated carbocycles. The lowest BCUT2D eigenvalue weighted by Gasteiger charge is -2.35. The molecule has 1 aromatic carbocycles. The number of hydrogen-bond donors (Lipinski definition) is 1. The molecule has 1 aromatic rings. The summed E-state index contributed by atoms with van der Waals surface area (Å²) in [5.41, 5.74) is 1.84. The molecule has 2 atom stereocenters. The van der Waals surface area contributed by atoms with E-state index >= 15 is 0 Å². The van der Waals surface area contributed by atoms with Crippen molar-refractivity contribution in [3.8, 4) is 0 Å². The Labute approximate surface area is 160 Å². The van der Waals surface area contributed by atoms with E-state index < -0.39 is 0 Å². The van der Waals surface area contributed by atoms with E-state index in [1.807, 2.05) is 47.9 Å². The van der Waals surface area contributed by atoms with Crippen LogP contribution >= 0.6 is 11.8 Å². The van der Waals surface area contributed by atoms with Crippen molar-refractivity contribution < 1.29 is 9.59 Å². The van der Waals surface area contributed by atoms with Gasteiger partial charge in [-0.05, 0) is 50.7 Å². The van der Waals surface area contributed by atoms with Crippen molar-refractivity contribution in [3.05, 3.63) is 35.4 Å². The Morgan fingerprint density at radius 2 is 1.73 bits per heavy atom. The molecule has 2 amide bonds. The lowest BCUT2D eigenvalue weighted by atomic mass is 9.88. The molecule has 0 unspecified atom stereocenters. The van der Waals surface area contributed by atoms with Crippen molar-refractivity contribution in [2.24, 2.45) is 5.92 Å². The summed E-state index contributed by atoms with van der Waals surface area (Å²) in [5.74, 6) is 1.29. The van der Waals surface area contributed by atoms with Gasteiger partial charge in [0.05, 0.1) is 5.37 Å². The van der Waals surface area contributed by atoms with Crippen molar-refractivity contribution >= 4 is 23.6 Å². The van der Waals surface area contributed by atoms with Crippen LogP contribution in [0.15, 0.2) is 24.3 Å². The summed E-state index contributed by atoms with van der Waals surface area (Å²) < 4.78 is 0. The maximum absolute atomic E-state index is 13.4. The molecule has 140 valence electrons. The van der Waals surface area contributed by atoms with Gasteiger partial charge in [-0.2, -0.15) is 0 Å². The number of carbonyl (C=O) groups excluding carboxylic acids is 2. The van der Waals surface area contributed by atoms with E-state index in [1.54, 1.807) is 0 Å². The monoisotopic (exact) mass is 372 g/mol. The number of thioether (sulfide) groups is 1. The van der Waals surface area contributed by atoms with Gasteiger partial charge in [0, 0.05) is 17.4 Å². The molecule has 3 aliphatic rings. The van der Waals surface area contributed by atoms with Gasteiger partial charge in [0.1, 0.15) is 6.04 Å². The topological polar surface area (TPSA) is 49.4 Å². The van der Waals surface area contributed by atoms with Crippen molar-refractivity contribution in [2.75, 3.05) is 5.75 Å². The van der Waals surface area contributed by atoms with Gasteiger partial charge in [-0.15, -0.1) is 11.8 Å². The molecular formula is C21H28N2O2S.